The largest absolute Gasteiger partial charge is 0.497 e. The van der Waals surface area contributed by atoms with Gasteiger partial charge >= 0.3 is 0 Å². The van der Waals surface area contributed by atoms with Crippen LogP contribution >= 0.6 is 0 Å². The minimum atomic E-state index is -0.472. The molecule has 3 rings (SSSR count). The molecule has 2 aromatic carbocycles. The first-order chi connectivity index (χ1) is 16.0. The molecule has 33 heavy (non-hydrogen) atoms. The number of aromatic nitrogens is 2. The van der Waals surface area contributed by atoms with Crippen molar-refractivity contribution in [3.05, 3.63) is 71.7 Å². The summed E-state index contributed by atoms with van der Waals surface area (Å²) in [7, 11) is 1.57. The van der Waals surface area contributed by atoms with Crippen molar-refractivity contribution in [2.75, 3.05) is 26.9 Å². The Balaban J connectivity index is 1.96. The summed E-state index contributed by atoms with van der Waals surface area (Å²) >= 11 is 0. The van der Waals surface area contributed by atoms with E-state index in [1.807, 2.05) is 37.3 Å². The molecular formula is C25H25FN4O3. The fraction of sp³-hybridized carbons (Fsp3) is 0.240. The zero-order valence-corrected chi connectivity index (χ0v) is 18.5. The Labute approximate surface area is 192 Å². The van der Waals surface area contributed by atoms with E-state index in [0.29, 0.717) is 48.9 Å². The first-order valence-corrected chi connectivity index (χ1v) is 10.5. The maximum Gasteiger partial charge on any atom is 0.261 e. The monoisotopic (exact) mass is 448 g/mol. The Bertz CT molecular complexity index is 1160. The predicted octanol–water partition coefficient (Wildman–Crippen LogP) is 4.14. The van der Waals surface area contributed by atoms with Crippen LogP contribution in [0, 0.1) is 17.1 Å². The molecule has 170 valence electrons. The molecule has 0 atom stereocenters. The summed E-state index contributed by atoms with van der Waals surface area (Å²) < 4.78 is 25.5. The Hall–Kier alpha value is -3.96. The second-order valence-corrected chi connectivity index (χ2v) is 7.06. The van der Waals surface area contributed by atoms with Crippen LogP contribution in [0.15, 0.2) is 60.3 Å². The lowest BCUT2D eigenvalue weighted by Crippen LogP contribution is -2.26. The quantitative estimate of drug-likeness (QED) is 0.286. The van der Waals surface area contributed by atoms with Gasteiger partial charge in [-0.3, -0.25) is 4.79 Å². The number of ether oxygens (including phenoxy) is 2. The van der Waals surface area contributed by atoms with Gasteiger partial charge in [-0.2, -0.15) is 10.4 Å². The third kappa shape index (κ3) is 6.28. The van der Waals surface area contributed by atoms with E-state index in [4.69, 9.17) is 9.47 Å². The van der Waals surface area contributed by atoms with Gasteiger partial charge in [0.1, 0.15) is 28.9 Å². The Kier molecular flexibility index (Phi) is 8.33. The highest BCUT2D eigenvalue weighted by molar-refractivity contribution is 6.02. The van der Waals surface area contributed by atoms with Crippen LogP contribution in [0.1, 0.15) is 18.9 Å². The van der Waals surface area contributed by atoms with Gasteiger partial charge in [-0.25, -0.2) is 9.07 Å². The lowest BCUT2D eigenvalue weighted by atomic mass is 10.1. The van der Waals surface area contributed by atoms with Gasteiger partial charge in [0.25, 0.3) is 5.91 Å². The first-order valence-electron chi connectivity index (χ1n) is 10.5. The normalized spacial score (nSPS) is 11.2. The molecule has 0 saturated heterocycles. The summed E-state index contributed by atoms with van der Waals surface area (Å²) in [6, 6.07) is 15.2. The average molecular weight is 448 g/mol. The van der Waals surface area contributed by atoms with Crippen molar-refractivity contribution < 1.29 is 18.7 Å². The molecule has 7 nitrogen and oxygen atoms in total. The van der Waals surface area contributed by atoms with E-state index < -0.39 is 5.91 Å². The maximum atomic E-state index is 13.4. The van der Waals surface area contributed by atoms with Crippen LogP contribution < -0.4 is 10.1 Å². The summed E-state index contributed by atoms with van der Waals surface area (Å²) in [4.78, 5) is 12.5. The third-order valence-corrected chi connectivity index (χ3v) is 4.80. The van der Waals surface area contributed by atoms with Crippen molar-refractivity contribution >= 4 is 12.0 Å². The molecule has 8 heteroatoms. The first kappa shape index (κ1) is 23.7. The van der Waals surface area contributed by atoms with Crippen molar-refractivity contribution in [3.63, 3.8) is 0 Å². The SMILES string of the molecule is CCOCCCNC(=O)/C(C#N)=C/c1cn(-c2ccc(F)cc2)nc1-c1cccc(OC)c1. The number of amides is 1. The molecule has 3 aromatic rings. The van der Waals surface area contributed by atoms with Gasteiger partial charge in [-0.05, 0) is 55.8 Å². The topological polar surface area (TPSA) is 89.2 Å². The smallest absolute Gasteiger partial charge is 0.261 e. The molecule has 0 spiro atoms. The molecule has 0 radical (unpaired) electrons. The van der Waals surface area contributed by atoms with E-state index >= 15 is 0 Å². The van der Waals surface area contributed by atoms with Crippen molar-refractivity contribution in [1.82, 2.24) is 15.1 Å². The van der Waals surface area contributed by atoms with Crippen molar-refractivity contribution in [3.8, 4) is 28.8 Å². The van der Waals surface area contributed by atoms with Crippen LogP contribution in [0.25, 0.3) is 23.0 Å². The average Bonchev–Trinajstić information content (AvgIpc) is 3.26. The van der Waals surface area contributed by atoms with Gasteiger partial charge in [0.15, 0.2) is 0 Å². The second-order valence-electron chi connectivity index (χ2n) is 7.06. The van der Waals surface area contributed by atoms with E-state index in [2.05, 4.69) is 10.4 Å². The number of halogens is 1. The molecule has 1 amide bonds. The lowest BCUT2D eigenvalue weighted by Gasteiger charge is -2.05. The molecule has 0 saturated carbocycles. The Morgan fingerprint density at radius 3 is 2.76 bits per heavy atom. The van der Waals surface area contributed by atoms with Gasteiger partial charge in [0, 0.05) is 37.1 Å². The highest BCUT2D eigenvalue weighted by Gasteiger charge is 2.15. The summed E-state index contributed by atoms with van der Waals surface area (Å²) in [6.45, 7) is 3.45. The van der Waals surface area contributed by atoms with Gasteiger partial charge < -0.3 is 14.8 Å². The van der Waals surface area contributed by atoms with Crippen LogP contribution in [0.2, 0.25) is 0 Å². The van der Waals surface area contributed by atoms with Crippen molar-refractivity contribution in [2.24, 2.45) is 0 Å². The molecule has 0 aliphatic rings. The van der Waals surface area contributed by atoms with Gasteiger partial charge in [-0.15, -0.1) is 0 Å². The van der Waals surface area contributed by atoms with E-state index in [-0.39, 0.29) is 11.4 Å². The number of benzene rings is 2. The summed E-state index contributed by atoms with van der Waals surface area (Å²) in [5.74, 6) is -0.182. The molecule has 0 fully saturated rings. The highest BCUT2D eigenvalue weighted by atomic mass is 19.1. The van der Waals surface area contributed by atoms with Crippen LogP contribution in [-0.4, -0.2) is 42.6 Å². The molecule has 1 aromatic heterocycles. The molecule has 0 aliphatic carbocycles. The molecule has 1 heterocycles. The number of carbonyl (C=O) groups excluding carboxylic acids is 1. The van der Waals surface area contributed by atoms with E-state index in [1.54, 1.807) is 30.1 Å². The zero-order chi connectivity index (χ0) is 23.6. The van der Waals surface area contributed by atoms with Crippen molar-refractivity contribution in [1.29, 1.82) is 5.26 Å². The third-order valence-electron chi connectivity index (χ3n) is 4.80. The number of hydrogen-bond donors (Lipinski definition) is 1. The van der Waals surface area contributed by atoms with E-state index in [1.165, 1.54) is 18.2 Å². The fourth-order valence-electron chi connectivity index (χ4n) is 3.13. The van der Waals surface area contributed by atoms with Gasteiger partial charge in [0.2, 0.25) is 0 Å². The standard InChI is InChI=1S/C25H25FN4O3/c1-3-33-13-5-12-28-25(31)19(16-27)14-20-17-30(22-10-8-21(26)9-11-22)29-24(20)18-6-4-7-23(15-18)32-2/h4,6-11,14-15,17H,3,5,12-13H2,1-2H3,(H,28,31)/b19-14+. The van der Waals surface area contributed by atoms with Gasteiger partial charge in [0.05, 0.1) is 12.8 Å². The number of methoxy groups -OCH3 is 1. The van der Waals surface area contributed by atoms with Crippen molar-refractivity contribution in [2.45, 2.75) is 13.3 Å². The second kappa shape index (κ2) is 11.6. The lowest BCUT2D eigenvalue weighted by molar-refractivity contribution is -0.117. The number of nitrogens with one attached hydrogen (secondary N) is 1. The minimum absolute atomic E-state index is 0.0470. The predicted molar refractivity (Wildman–Crippen MR) is 123 cm³/mol. The minimum Gasteiger partial charge on any atom is -0.497 e. The van der Waals surface area contributed by atoms with Gasteiger partial charge in [-0.1, -0.05) is 12.1 Å². The van der Waals surface area contributed by atoms with E-state index in [9.17, 15) is 14.4 Å². The molecule has 0 aliphatic heterocycles. The van der Waals surface area contributed by atoms with Crippen LogP contribution in [0.4, 0.5) is 4.39 Å². The Morgan fingerprint density at radius 1 is 1.27 bits per heavy atom. The molecular weight excluding hydrogens is 423 g/mol. The maximum absolute atomic E-state index is 13.4. The number of nitriles is 1. The molecule has 1 N–H and O–H groups in total. The highest BCUT2D eigenvalue weighted by Crippen LogP contribution is 2.28. The number of rotatable bonds is 10. The van der Waals surface area contributed by atoms with E-state index in [0.717, 1.165) is 5.56 Å². The number of hydrogen-bond acceptors (Lipinski definition) is 5. The summed E-state index contributed by atoms with van der Waals surface area (Å²) in [6.07, 6.45) is 3.84. The summed E-state index contributed by atoms with van der Waals surface area (Å²) in [5.41, 5.74) is 2.45. The Morgan fingerprint density at radius 2 is 2.06 bits per heavy atom. The van der Waals surface area contributed by atoms with Crippen LogP contribution in [0.3, 0.4) is 0 Å². The zero-order valence-electron chi connectivity index (χ0n) is 18.5. The fourth-order valence-corrected chi connectivity index (χ4v) is 3.13. The van der Waals surface area contributed by atoms with Crippen LogP contribution in [-0.2, 0) is 9.53 Å². The number of carbonyl (C=O) groups is 1. The summed E-state index contributed by atoms with van der Waals surface area (Å²) in [5, 5.41) is 17.0. The van der Waals surface area contributed by atoms with Crippen LogP contribution in [0.5, 0.6) is 5.75 Å². The molecule has 0 bridgehead atoms. The molecule has 0 unspecified atom stereocenters. The number of nitrogens with zero attached hydrogens (tertiary/aromatic N) is 3.